The highest BCUT2D eigenvalue weighted by Crippen LogP contribution is 2.45. The van der Waals surface area contributed by atoms with Gasteiger partial charge in [0.1, 0.15) is 0 Å². The molecule has 0 saturated carbocycles. The van der Waals surface area contributed by atoms with Crippen molar-refractivity contribution in [3.05, 3.63) is 23.3 Å². The third-order valence-corrected chi connectivity index (χ3v) is 3.33. The molecule has 0 radical (unpaired) electrons. The summed E-state index contributed by atoms with van der Waals surface area (Å²) >= 11 is 0. The summed E-state index contributed by atoms with van der Waals surface area (Å²) in [6, 6.07) is 0. The van der Waals surface area contributed by atoms with Crippen molar-refractivity contribution >= 4 is 0 Å². The molecule has 0 aromatic heterocycles. The summed E-state index contributed by atoms with van der Waals surface area (Å²) in [6.07, 6.45) is 6.13. The zero-order chi connectivity index (χ0) is 11.6. The van der Waals surface area contributed by atoms with E-state index in [0.29, 0.717) is 5.92 Å². The van der Waals surface area contributed by atoms with E-state index in [9.17, 15) is 5.11 Å². The third kappa shape index (κ3) is 2.94. The van der Waals surface area contributed by atoms with Crippen LogP contribution in [0.3, 0.4) is 0 Å². The van der Waals surface area contributed by atoms with Gasteiger partial charge in [0, 0.05) is 0 Å². The highest BCUT2D eigenvalue weighted by atomic mass is 16.3. The first-order valence-electron chi connectivity index (χ1n) is 5.94. The molecule has 0 aromatic carbocycles. The van der Waals surface area contributed by atoms with Crippen LogP contribution in [0.4, 0.5) is 0 Å². The Bertz CT molecular complexity index is 280. The quantitative estimate of drug-likeness (QED) is 0.750. The maximum absolute atomic E-state index is 9.30. The van der Waals surface area contributed by atoms with E-state index in [0.717, 1.165) is 0 Å². The molecular formula is C14H24O. The monoisotopic (exact) mass is 208 g/mol. The van der Waals surface area contributed by atoms with Crippen LogP contribution in [0.25, 0.3) is 0 Å². The van der Waals surface area contributed by atoms with E-state index in [1.165, 1.54) is 18.4 Å². The van der Waals surface area contributed by atoms with E-state index in [2.05, 4.69) is 33.8 Å². The van der Waals surface area contributed by atoms with Crippen LogP contribution in [-0.2, 0) is 0 Å². The van der Waals surface area contributed by atoms with Crippen LogP contribution >= 0.6 is 0 Å². The van der Waals surface area contributed by atoms with Crippen LogP contribution in [0.2, 0.25) is 0 Å². The molecule has 0 spiro atoms. The summed E-state index contributed by atoms with van der Waals surface area (Å²) in [7, 11) is 0. The minimum absolute atomic E-state index is 0.283. The van der Waals surface area contributed by atoms with Gasteiger partial charge in [-0.3, -0.25) is 0 Å². The van der Waals surface area contributed by atoms with Crippen molar-refractivity contribution in [2.24, 2.45) is 11.3 Å². The molecule has 0 aromatic rings. The van der Waals surface area contributed by atoms with Gasteiger partial charge in [0.25, 0.3) is 0 Å². The largest absolute Gasteiger partial charge is 0.389 e. The Balaban J connectivity index is 2.99. The summed E-state index contributed by atoms with van der Waals surface area (Å²) in [6.45, 7) is 10.9. The molecule has 0 fully saturated rings. The number of allylic oxidation sites excluding steroid dienone is 3. The summed E-state index contributed by atoms with van der Waals surface area (Å²) in [5.41, 5.74) is 3.29. The number of hydrogen-bond donors (Lipinski definition) is 1. The first-order chi connectivity index (χ1) is 6.84. The fraction of sp³-hybridized carbons (Fsp3) is 0.714. The Labute approximate surface area is 93.9 Å². The van der Waals surface area contributed by atoms with Gasteiger partial charge >= 0.3 is 0 Å². The van der Waals surface area contributed by atoms with Gasteiger partial charge in [0.05, 0.1) is 6.10 Å². The van der Waals surface area contributed by atoms with Crippen molar-refractivity contribution in [3.8, 4) is 0 Å². The van der Waals surface area contributed by atoms with Gasteiger partial charge in [-0.05, 0) is 36.7 Å². The molecule has 0 aliphatic heterocycles. The third-order valence-electron chi connectivity index (χ3n) is 3.33. The fourth-order valence-corrected chi connectivity index (χ4v) is 2.32. The second-order valence-electron chi connectivity index (χ2n) is 5.58. The van der Waals surface area contributed by atoms with Crippen LogP contribution in [0.1, 0.15) is 47.5 Å². The molecule has 1 N–H and O–H groups in total. The van der Waals surface area contributed by atoms with Gasteiger partial charge in [-0.2, -0.15) is 0 Å². The summed E-state index contributed by atoms with van der Waals surface area (Å²) in [4.78, 5) is 0. The maximum atomic E-state index is 9.30. The van der Waals surface area contributed by atoms with E-state index in [4.69, 9.17) is 0 Å². The molecule has 1 nitrogen and oxygen atoms in total. The number of hydrogen-bond acceptors (Lipinski definition) is 1. The smallest absolute Gasteiger partial charge is 0.0695 e. The van der Waals surface area contributed by atoms with Crippen molar-refractivity contribution in [1.82, 2.24) is 0 Å². The number of aliphatic hydroxyl groups is 1. The van der Waals surface area contributed by atoms with Crippen molar-refractivity contribution in [3.63, 3.8) is 0 Å². The van der Waals surface area contributed by atoms with E-state index in [-0.39, 0.29) is 11.5 Å². The van der Waals surface area contributed by atoms with Gasteiger partial charge in [0.15, 0.2) is 0 Å². The number of rotatable bonds is 3. The summed E-state index contributed by atoms with van der Waals surface area (Å²) < 4.78 is 0. The molecule has 86 valence electrons. The van der Waals surface area contributed by atoms with Gasteiger partial charge in [-0.1, -0.05) is 45.4 Å². The number of aliphatic hydroxyl groups excluding tert-OH is 1. The van der Waals surface area contributed by atoms with Gasteiger partial charge in [-0.25, -0.2) is 0 Å². The fourth-order valence-electron chi connectivity index (χ4n) is 2.32. The minimum atomic E-state index is -0.345. The molecule has 1 unspecified atom stereocenters. The Hall–Kier alpha value is -0.560. The summed E-state index contributed by atoms with van der Waals surface area (Å²) in [5.74, 6) is 0.625. The lowest BCUT2D eigenvalue weighted by Gasteiger charge is -2.21. The minimum Gasteiger partial charge on any atom is -0.389 e. The molecular weight excluding hydrogens is 184 g/mol. The Morgan fingerprint density at radius 2 is 1.87 bits per heavy atom. The molecule has 0 heterocycles. The molecule has 1 rings (SSSR count). The Kier molecular flexibility index (Phi) is 3.77. The summed E-state index contributed by atoms with van der Waals surface area (Å²) in [5, 5.41) is 9.30. The molecule has 0 saturated heterocycles. The molecule has 15 heavy (non-hydrogen) atoms. The van der Waals surface area contributed by atoms with E-state index < -0.39 is 0 Å². The van der Waals surface area contributed by atoms with Crippen LogP contribution in [0, 0.1) is 11.3 Å². The lowest BCUT2D eigenvalue weighted by molar-refractivity contribution is 0.244. The molecule has 0 bridgehead atoms. The first kappa shape index (κ1) is 12.5. The normalized spacial score (nSPS) is 23.1. The lowest BCUT2D eigenvalue weighted by Crippen LogP contribution is -2.09. The van der Waals surface area contributed by atoms with Crippen molar-refractivity contribution < 1.29 is 5.11 Å². The first-order valence-corrected chi connectivity index (χ1v) is 5.94. The van der Waals surface area contributed by atoms with E-state index in [1.54, 1.807) is 12.5 Å². The zero-order valence-electron chi connectivity index (χ0n) is 10.7. The SMILES string of the molecule is CC(O)C=CC1=C(C(C)C)CCC1(C)C. The van der Waals surface area contributed by atoms with Crippen LogP contribution in [0.5, 0.6) is 0 Å². The van der Waals surface area contributed by atoms with Gasteiger partial charge < -0.3 is 5.11 Å². The predicted octanol–water partition coefficient (Wildman–Crippen LogP) is 3.70. The average molecular weight is 208 g/mol. The van der Waals surface area contributed by atoms with Crippen molar-refractivity contribution in [2.45, 2.75) is 53.6 Å². The van der Waals surface area contributed by atoms with Crippen LogP contribution < -0.4 is 0 Å². The molecule has 0 amide bonds. The van der Waals surface area contributed by atoms with Crippen molar-refractivity contribution in [1.29, 1.82) is 0 Å². The lowest BCUT2D eigenvalue weighted by atomic mass is 9.84. The van der Waals surface area contributed by atoms with Crippen LogP contribution in [-0.4, -0.2) is 11.2 Å². The van der Waals surface area contributed by atoms with Gasteiger partial charge in [0.2, 0.25) is 0 Å². The van der Waals surface area contributed by atoms with Crippen molar-refractivity contribution in [2.75, 3.05) is 0 Å². The topological polar surface area (TPSA) is 20.2 Å². The van der Waals surface area contributed by atoms with Gasteiger partial charge in [-0.15, -0.1) is 0 Å². The Morgan fingerprint density at radius 3 is 2.33 bits per heavy atom. The van der Waals surface area contributed by atoms with E-state index in [1.807, 2.05) is 6.08 Å². The molecule has 1 atom stereocenters. The maximum Gasteiger partial charge on any atom is 0.0695 e. The molecule has 1 heteroatoms. The highest BCUT2D eigenvalue weighted by Gasteiger charge is 2.31. The van der Waals surface area contributed by atoms with E-state index >= 15 is 0 Å². The average Bonchev–Trinajstić information content (AvgIpc) is 2.37. The zero-order valence-corrected chi connectivity index (χ0v) is 10.7. The van der Waals surface area contributed by atoms with Crippen LogP contribution in [0.15, 0.2) is 23.3 Å². The second kappa shape index (κ2) is 4.52. The standard InChI is InChI=1S/C14H24O/c1-10(2)12-8-9-14(4,5)13(12)7-6-11(3)15/h6-7,10-11,15H,8-9H2,1-5H3. The predicted molar refractivity (Wildman–Crippen MR) is 65.7 cm³/mol. The molecule has 1 aliphatic rings. The highest BCUT2D eigenvalue weighted by molar-refractivity contribution is 5.37. The Morgan fingerprint density at radius 1 is 1.27 bits per heavy atom. The molecule has 1 aliphatic carbocycles. The second-order valence-corrected chi connectivity index (χ2v) is 5.58.